The maximum Gasteiger partial charge on any atom is 1.00 e. The van der Waals surface area contributed by atoms with E-state index in [1.807, 2.05) is 0 Å². The molecule has 142 valence electrons. The average molecular weight is 400 g/mol. The van der Waals surface area contributed by atoms with Crippen LogP contribution in [0.5, 0.6) is 0 Å². The zero-order chi connectivity index (χ0) is 18.2. The molecule has 0 radical (unpaired) electrons. The smallest absolute Gasteiger partial charge is 0.748 e. The van der Waals surface area contributed by atoms with Crippen LogP contribution in [0.1, 0.15) is 20.3 Å². The zero-order valence-corrected chi connectivity index (χ0v) is 17.6. The minimum absolute atomic E-state index is 0. The quantitative estimate of drug-likeness (QED) is 0.223. The molecule has 1 unspecified atom stereocenters. The summed E-state index contributed by atoms with van der Waals surface area (Å²) in [5.74, 6) is -3.35. The summed E-state index contributed by atoms with van der Waals surface area (Å²) >= 11 is 0. The first-order valence-corrected chi connectivity index (χ1v) is 9.89. The van der Waals surface area contributed by atoms with Crippen molar-refractivity contribution in [3.63, 3.8) is 0 Å². The second-order valence-corrected chi connectivity index (χ2v) is 10.0. The molecule has 4 bridgehead atoms. The minimum atomic E-state index is -4.87. The van der Waals surface area contributed by atoms with Crippen LogP contribution in [-0.4, -0.2) is 82.6 Å². The van der Waals surface area contributed by atoms with Crippen molar-refractivity contribution in [3.05, 3.63) is 0 Å². The van der Waals surface area contributed by atoms with Gasteiger partial charge in [0.1, 0.15) is 27.9 Å². The number of hydrogen-bond acceptors (Lipinski definition) is 9. The van der Waals surface area contributed by atoms with Gasteiger partial charge in [-0.05, 0) is 6.42 Å². The second-order valence-electron chi connectivity index (χ2n) is 8.49. The Morgan fingerprint density at radius 3 is 2.31 bits per heavy atom. The molecule has 2 spiro atoms. The van der Waals surface area contributed by atoms with Gasteiger partial charge in [0.15, 0.2) is 5.79 Å². The molecule has 0 aromatic heterocycles. The monoisotopic (exact) mass is 400 g/mol. The molecule has 10 atom stereocenters. The molecule has 2 aliphatic carbocycles. The Bertz CT molecular complexity index is 756. The van der Waals surface area contributed by atoms with E-state index < -0.39 is 67.9 Å². The Kier molecular flexibility index (Phi) is 4.01. The second kappa shape index (κ2) is 5.23. The van der Waals surface area contributed by atoms with Crippen molar-refractivity contribution in [1.29, 1.82) is 0 Å². The van der Waals surface area contributed by atoms with Gasteiger partial charge < -0.3 is 34.1 Å². The maximum atomic E-state index is 12.0. The van der Waals surface area contributed by atoms with Crippen LogP contribution >= 0.6 is 0 Å². The topological polar surface area (TPSA) is 149 Å². The fourth-order valence-electron chi connectivity index (χ4n) is 6.37. The predicted molar refractivity (Wildman–Crippen MR) is 78.1 cm³/mol. The molecule has 3 N–H and O–H groups in total. The Balaban J connectivity index is 0.00000168. The Hall–Kier alpha value is 0.670. The molecule has 5 aliphatic rings. The van der Waals surface area contributed by atoms with E-state index in [1.165, 1.54) is 6.92 Å². The van der Waals surface area contributed by atoms with E-state index in [0.717, 1.165) is 0 Å². The van der Waals surface area contributed by atoms with Gasteiger partial charge in [-0.3, -0.25) is 0 Å². The molecule has 0 aromatic carbocycles. The van der Waals surface area contributed by atoms with Crippen LogP contribution in [0, 0.1) is 16.7 Å². The first kappa shape index (κ1) is 20.0. The van der Waals surface area contributed by atoms with Crippen LogP contribution in [0.25, 0.3) is 0 Å². The van der Waals surface area contributed by atoms with Gasteiger partial charge in [-0.15, -0.1) is 0 Å². The van der Waals surface area contributed by atoms with E-state index >= 15 is 0 Å². The van der Waals surface area contributed by atoms with Gasteiger partial charge >= 0.3 is 29.6 Å². The van der Waals surface area contributed by atoms with Crippen molar-refractivity contribution in [2.24, 2.45) is 16.7 Å². The summed E-state index contributed by atoms with van der Waals surface area (Å²) in [5.41, 5.74) is -3.13. The number of fused-ring (bicyclic) bond motifs is 1. The summed E-state index contributed by atoms with van der Waals surface area (Å²) in [6.07, 6.45) is -4.15. The summed E-state index contributed by atoms with van der Waals surface area (Å²) in [6.45, 7) is 3.28. The number of ether oxygens (including phenoxy) is 3. The molecule has 9 nitrogen and oxygen atoms in total. The average Bonchev–Trinajstić information content (AvgIpc) is 3.22. The third-order valence-electron chi connectivity index (χ3n) is 7.84. The van der Waals surface area contributed by atoms with Crippen molar-refractivity contribution in [1.82, 2.24) is 0 Å². The SMILES string of the molecule is C[C@@H]1[C@H](S(=O)(=O)[O-])[C@H]2O[C@@H]3[C@H](O)C[C@](C)(C24CO[C@@]1(O)[C@H]4O)[C@]31CO1.[Na+]. The van der Waals surface area contributed by atoms with Crippen LogP contribution in [-0.2, 0) is 24.3 Å². The standard InChI is InChI=1S/C15H22O9S.Na/c1-6-8(25(19,20)21)10-13(4-23-15(6,18)11(13)17)12(2)3-7(16)9(24-10)14(12)5-22-14;/h6-11,16-18H,3-5H2,1-2H3,(H,19,20,21);/q;+1/p-1/t6-,7-,8+,9-,10-,11+,12-,13?,14+,15-;/m1./s1. The number of aliphatic hydroxyl groups excluding tert-OH is 2. The van der Waals surface area contributed by atoms with Gasteiger partial charge in [0, 0.05) is 11.3 Å². The van der Waals surface area contributed by atoms with E-state index in [4.69, 9.17) is 14.2 Å². The van der Waals surface area contributed by atoms with Crippen LogP contribution in [0.2, 0.25) is 0 Å². The number of epoxide rings is 1. The van der Waals surface area contributed by atoms with Crippen molar-refractivity contribution < 1.29 is 72.1 Å². The maximum absolute atomic E-state index is 12.0. The third kappa shape index (κ3) is 1.80. The summed E-state index contributed by atoms with van der Waals surface area (Å²) < 4.78 is 53.3. The normalized spacial score (nSPS) is 62.7. The third-order valence-corrected chi connectivity index (χ3v) is 9.17. The molecule has 3 heterocycles. The number of hydrogen-bond donors (Lipinski definition) is 3. The molecule has 3 saturated heterocycles. The fraction of sp³-hybridized carbons (Fsp3) is 1.00. The van der Waals surface area contributed by atoms with E-state index in [2.05, 4.69) is 0 Å². The first-order chi connectivity index (χ1) is 11.5. The molecule has 11 heteroatoms. The molecule has 26 heavy (non-hydrogen) atoms. The minimum Gasteiger partial charge on any atom is -0.748 e. The molecule has 3 aliphatic heterocycles. The molecule has 0 aromatic rings. The summed E-state index contributed by atoms with van der Waals surface area (Å²) in [6, 6.07) is 0. The Morgan fingerprint density at radius 2 is 1.77 bits per heavy atom. The van der Waals surface area contributed by atoms with Crippen molar-refractivity contribution in [2.45, 2.75) is 61.3 Å². The van der Waals surface area contributed by atoms with E-state index in [0.29, 0.717) is 6.61 Å². The molecule has 5 rings (SSSR count). The summed E-state index contributed by atoms with van der Waals surface area (Å²) in [5, 5.41) is 30.8. The van der Waals surface area contributed by atoms with Crippen LogP contribution < -0.4 is 29.6 Å². The zero-order valence-electron chi connectivity index (χ0n) is 14.8. The van der Waals surface area contributed by atoms with E-state index in [9.17, 15) is 28.3 Å². The van der Waals surface area contributed by atoms with Crippen molar-refractivity contribution >= 4 is 10.1 Å². The van der Waals surface area contributed by atoms with E-state index in [1.54, 1.807) is 6.92 Å². The molecular weight excluding hydrogens is 379 g/mol. The van der Waals surface area contributed by atoms with Gasteiger partial charge in [0.25, 0.3) is 0 Å². The molecular formula is C15H21NaO9S. The van der Waals surface area contributed by atoms with Crippen LogP contribution in [0.3, 0.4) is 0 Å². The number of rotatable bonds is 1. The molecule has 0 amide bonds. The number of aliphatic hydroxyl groups is 3. The van der Waals surface area contributed by atoms with Gasteiger partial charge in [0.05, 0.1) is 36.1 Å². The van der Waals surface area contributed by atoms with Crippen LogP contribution in [0.4, 0.5) is 0 Å². The van der Waals surface area contributed by atoms with Gasteiger partial charge in [-0.25, -0.2) is 8.42 Å². The van der Waals surface area contributed by atoms with Gasteiger partial charge in [-0.2, -0.15) is 0 Å². The van der Waals surface area contributed by atoms with Crippen LogP contribution in [0.15, 0.2) is 0 Å². The van der Waals surface area contributed by atoms with E-state index in [-0.39, 0.29) is 42.6 Å². The summed E-state index contributed by atoms with van der Waals surface area (Å²) in [4.78, 5) is 0. The van der Waals surface area contributed by atoms with Crippen molar-refractivity contribution in [3.8, 4) is 0 Å². The first-order valence-electron chi connectivity index (χ1n) is 8.42. The molecule has 2 saturated carbocycles. The Morgan fingerprint density at radius 1 is 1.15 bits per heavy atom. The molecule has 5 fully saturated rings. The van der Waals surface area contributed by atoms with Gasteiger partial charge in [0.2, 0.25) is 0 Å². The fourth-order valence-corrected chi connectivity index (χ4v) is 7.68. The Labute approximate surface area is 173 Å². The van der Waals surface area contributed by atoms with Gasteiger partial charge in [-0.1, -0.05) is 13.8 Å². The largest absolute Gasteiger partial charge is 1.00 e. The summed E-state index contributed by atoms with van der Waals surface area (Å²) in [7, 11) is -4.87. The predicted octanol–water partition coefficient (Wildman–Crippen LogP) is -5.07. The van der Waals surface area contributed by atoms with Crippen molar-refractivity contribution in [2.75, 3.05) is 13.2 Å².